The average Bonchev–Trinajstić information content (AvgIpc) is 2.68. The molecule has 3 rings (SSSR count). The number of nitrogens with one attached hydrogen (secondary N) is 1. The first-order valence-corrected chi connectivity index (χ1v) is 8.48. The Labute approximate surface area is 152 Å². The highest BCUT2D eigenvalue weighted by Gasteiger charge is 2.36. The highest BCUT2D eigenvalue weighted by Crippen LogP contribution is 2.31. The summed E-state index contributed by atoms with van der Waals surface area (Å²) in [5, 5.41) is 2.88. The fourth-order valence-electron chi connectivity index (χ4n) is 2.73. The van der Waals surface area contributed by atoms with E-state index < -0.39 is 5.54 Å². The molecule has 1 amide bonds. The van der Waals surface area contributed by atoms with Crippen LogP contribution in [0.5, 0.6) is 11.5 Å². The maximum atomic E-state index is 12.6. The average molecular weight is 357 g/mol. The van der Waals surface area contributed by atoms with Gasteiger partial charge in [-0.15, -0.1) is 0 Å². The molecule has 7 heteroatoms. The van der Waals surface area contributed by atoms with E-state index in [1.54, 1.807) is 37.7 Å². The predicted molar refractivity (Wildman–Crippen MR) is 97.2 cm³/mol. The molecule has 0 bridgehead atoms. The summed E-state index contributed by atoms with van der Waals surface area (Å²) in [5.74, 6) is 0.914. The summed E-state index contributed by atoms with van der Waals surface area (Å²) in [7, 11) is 1.57. The van der Waals surface area contributed by atoms with Gasteiger partial charge in [-0.1, -0.05) is 0 Å². The van der Waals surface area contributed by atoms with Crippen LogP contribution in [0.1, 0.15) is 18.4 Å². The number of aromatic nitrogens is 1. The van der Waals surface area contributed by atoms with E-state index in [0.29, 0.717) is 49.8 Å². The molecule has 0 radical (unpaired) electrons. The molecule has 2 heterocycles. The fourth-order valence-corrected chi connectivity index (χ4v) is 2.73. The van der Waals surface area contributed by atoms with E-state index in [1.807, 2.05) is 12.1 Å². The zero-order valence-electron chi connectivity index (χ0n) is 14.7. The van der Waals surface area contributed by atoms with Crippen LogP contribution in [0.25, 0.3) is 0 Å². The number of ether oxygens (including phenoxy) is 3. The molecule has 138 valence electrons. The fraction of sp³-hybridized carbons (Fsp3) is 0.368. The molecule has 7 nitrogen and oxygen atoms in total. The quantitative estimate of drug-likeness (QED) is 0.822. The van der Waals surface area contributed by atoms with Gasteiger partial charge in [0.05, 0.1) is 7.11 Å². The van der Waals surface area contributed by atoms with Gasteiger partial charge in [0.2, 0.25) is 5.91 Å². The van der Waals surface area contributed by atoms with Gasteiger partial charge in [-0.25, -0.2) is 0 Å². The second kappa shape index (κ2) is 8.16. The molecular formula is C19H23N3O4. The SMILES string of the molecule is COc1ccc(NC(=O)C2(N)CCOCC2)cc1OCc1ccncc1. The van der Waals surface area contributed by atoms with Gasteiger partial charge in [-0.3, -0.25) is 9.78 Å². The lowest BCUT2D eigenvalue weighted by Crippen LogP contribution is -2.54. The molecule has 2 aromatic rings. The van der Waals surface area contributed by atoms with Gasteiger partial charge in [0.15, 0.2) is 11.5 Å². The first kappa shape index (κ1) is 18.2. The van der Waals surface area contributed by atoms with Gasteiger partial charge in [0.1, 0.15) is 12.1 Å². The number of amides is 1. The second-order valence-electron chi connectivity index (χ2n) is 6.23. The number of pyridine rings is 1. The molecule has 3 N–H and O–H groups in total. The van der Waals surface area contributed by atoms with Crippen LogP contribution in [0.15, 0.2) is 42.7 Å². The topological polar surface area (TPSA) is 95.7 Å². The minimum absolute atomic E-state index is 0.217. The van der Waals surface area contributed by atoms with Crippen molar-refractivity contribution in [2.45, 2.75) is 25.0 Å². The van der Waals surface area contributed by atoms with Crippen LogP contribution >= 0.6 is 0 Å². The largest absolute Gasteiger partial charge is 0.493 e. The third-order valence-corrected chi connectivity index (χ3v) is 4.40. The molecular weight excluding hydrogens is 334 g/mol. The van der Waals surface area contributed by atoms with E-state index in [4.69, 9.17) is 19.9 Å². The van der Waals surface area contributed by atoms with E-state index in [1.165, 1.54) is 0 Å². The Morgan fingerprint density at radius 2 is 1.96 bits per heavy atom. The number of hydrogen-bond donors (Lipinski definition) is 2. The molecule has 1 aliphatic rings. The van der Waals surface area contributed by atoms with Crippen molar-refractivity contribution < 1.29 is 19.0 Å². The summed E-state index contributed by atoms with van der Waals surface area (Å²) in [4.78, 5) is 16.5. The maximum Gasteiger partial charge on any atom is 0.244 e. The van der Waals surface area contributed by atoms with Gasteiger partial charge in [0, 0.05) is 37.4 Å². The number of methoxy groups -OCH3 is 1. The van der Waals surface area contributed by atoms with E-state index in [0.717, 1.165) is 5.56 Å². The minimum atomic E-state index is -0.907. The van der Waals surface area contributed by atoms with Gasteiger partial charge in [-0.2, -0.15) is 0 Å². The summed E-state index contributed by atoms with van der Waals surface area (Å²) >= 11 is 0. The second-order valence-corrected chi connectivity index (χ2v) is 6.23. The number of rotatable bonds is 6. The third-order valence-electron chi connectivity index (χ3n) is 4.40. The highest BCUT2D eigenvalue weighted by molar-refractivity contribution is 5.98. The van der Waals surface area contributed by atoms with Crippen LogP contribution < -0.4 is 20.5 Å². The number of anilines is 1. The predicted octanol–water partition coefficient (Wildman–Crippen LogP) is 2.12. The summed E-state index contributed by atoms with van der Waals surface area (Å²) in [6.45, 7) is 1.36. The molecule has 1 fully saturated rings. The maximum absolute atomic E-state index is 12.6. The standard InChI is InChI=1S/C19H23N3O4/c1-24-16-3-2-15(22-18(23)19(20)6-10-25-11-7-19)12-17(16)26-13-14-4-8-21-9-5-14/h2-5,8-9,12H,6-7,10-11,13,20H2,1H3,(H,22,23). The van der Waals surface area contributed by atoms with Crippen molar-refractivity contribution in [3.8, 4) is 11.5 Å². The van der Waals surface area contributed by atoms with Crippen molar-refractivity contribution >= 4 is 11.6 Å². The normalized spacial score (nSPS) is 15.9. The Morgan fingerprint density at radius 3 is 2.65 bits per heavy atom. The molecule has 0 unspecified atom stereocenters. The molecule has 0 aliphatic carbocycles. The lowest BCUT2D eigenvalue weighted by Gasteiger charge is -2.31. The highest BCUT2D eigenvalue weighted by atomic mass is 16.5. The lowest BCUT2D eigenvalue weighted by atomic mass is 9.90. The Kier molecular flexibility index (Phi) is 5.70. The van der Waals surface area contributed by atoms with Crippen molar-refractivity contribution in [2.75, 3.05) is 25.6 Å². The van der Waals surface area contributed by atoms with Crippen LogP contribution in [0, 0.1) is 0 Å². The Balaban J connectivity index is 1.71. The number of nitrogens with zero attached hydrogens (tertiary/aromatic N) is 1. The summed E-state index contributed by atoms with van der Waals surface area (Å²) in [6, 6.07) is 9.01. The summed E-state index contributed by atoms with van der Waals surface area (Å²) in [6.07, 6.45) is 4.42. The van der Waals surface area contributed by atoms with Crippen LogP contribution in [0.3, 0.4) is 0 Å². The van der Waals surface area contributed by atoms with E-state index in [-0.39, 0.29) is 5.91 Å². The Morgan fingerprint density at radius 1 is 1.23 bits per heavy atom. The van der Waals surface area contributed by atoms with E-state index >= 15 is 0 Å². The van der Waals surface area contributed by atoms with E-state index in [9.17, 15) is 4.79 Å². The number of benzene rings is 1. The minimum Gasteiger partial charge on any atom is -0.493 e. The molecule has 0 atom stereocenters. The van der Waals surface area contributed by atoms with E-state index in [2.05, 4.69) is 10.3 Å². The Bertz CT molecular complexity index is 746. The van der Waals surface area contributed by atoms with Crippen molar-refractivity contribution in [3.63, 3.8) is 0 Å². The lowest BCUT2D eigenvalue weighted by molar-refractivity contribution is -0.124. The Hall–Kier alpha value is -2.64. The molecule has 1 aromatic carbocycles. The monoisotopic (exact) mass is 357 g/mol. The molecule has 1 aliphatic heterocycles. The summed E-state index contributed by atoms with van der Waals surface area (Å²) < 4.78 is 16.5. The molecule has 1 aromatic heterocycles. The number of carbonyl (C=O) groups is 1. The zero-order valence-corrected chi connectivity index (χ0v) is 14.7. The molecule has 1 saturated heterocycles. The van der Waals surface area contributed by atoms with Gasteiger partial charge < -0.3 is 25.3 Å². The van der Waals surface area contributed by atoms with Gasteiger partial charge in [-0.05, 0) is 42.7 Å². The van der Waals surface area contributed by atoms with Crippen LogP contribution in [0.2, 0.25) is 0 Å². The number of carbonyl (C=O) groups excluding carboxylic acids is 1. The number of nitrogens with two attached hydrogens (primary N) is 1. The van der Waals surface area contributed by atoms with Crippen molar-refractivity contribution in [2.24, 2.45) is 5.73 Å². The number of hydrogen-bond acceptors (Lipinski definition) is 6. The molecule has 26 heavy (non-hydrogen) atoms. The van der Waals surface area contributed by atoms with Crippen LogP contribution in [-0.2, 0) is 16.1 Å². The van der Waals surface area contributed by atoms with Crippen LogP contribution in [-0.4, -0.2) is 36.8 Å². The van der Waals surface area contributed by atoms with Gasteiger partial charge >= 0.3 is 0 Å². The van der Waals surface area contributed by atoms with Gasteiger partial charge in [0.25, 0.3) is 0 Å². The zero-order chi connectivity index (χ0) is 18.4. The first-order valence-electron chi connectivity index (χ1n) is 8.48. The summed E-state index contributed by atoms with van der Waals surface area (Å²) in [5.41, 5.74) is 6.91. The smallest absolute Gasteiger partial charge is 0.244 e. The van der Waals surface area contributed by atoms with Crippen molar-refractivity contribution in [1.82, 2.24) is 4.98 Å². The third kappa shape index (κ3) is 4.30. The van der Waals surface area contributed by atoms with Crippen molar-refractivity contribution in [3.05, 3.63) is 48.3 Å². The first-order chi connectivity index (χ1) is 12.6. The van der Waals surface area contributed by atoms with Crippen molar-refractivity contribution in [1.29, 1.82) is 0 Å². The van der Waals surface area contributed by atoms with Crippen LogP contribution in [0.4, 0.5) is 5.69 Å². The molecule has 0 spiro atoms. The molecule has 0 saturated carbocycles.